The molecule has 2 rings (SSSR count). The zero-order valence-electron chi connectivity index (χ0n) is 8.02. The van der Waals surface area contributed by atoms with E-state index in [1.807, 2.05) is 0 Å². The first-order valence-electron chi connectivity index (χ1n) is 5.07. The van der Waals surface area contributed by atoms with Gasteiger partial charge in [0.15, 0.2) is 0 Å². The van der Waals surface area contributed by atoms with Crippen molar-refractivity contribution in [2.75, 3.05) is 0 Å². The number of benzene rings is 1. The minimum Gasteiger partial charge on any atom is -0.0651 e. The van der Waals surface area contributed by atoms with Gasteiger partial charge in [0.1, 0.15) is 0 Å². The second-order valence-electron chi connectivity index (χ2n) is 3.89. The Morgan fingerprint density at radius 1 is 1.46 bits per heavy atom. The van der Waals surface area contributed by atoms with Crippen LogP contribution in [-0.2, 0) is 12.8 Å². The van der Waals surface area contributed by atoms with E-state index in [0.29, 0.717) is 0 Å². The molecule has 0 aliphatic heterocycles. The predicted molar refractivity (Wildman–Crippen MR) is 65.0 cm³/mol. The third-order valence-electron chi connectivity index (χ3n) is 3.10. The van der Waals surface area contributed by atoms with Crippen LogP contribution in [0.1, 0.15) is 30.9 Å². The zero-order valence-corrected chi connectivity index (χ0v) is 10.2. The van der Waals surface area contributed by atoms with E-state index in [1.165, 1.54) is 29.3 Å². The zero-order chi connectivity index (χ0) is 9.26. The van der Waals surface area contributed by atoms with Crippen LogP contribution < -0.4 is 0 Å². The van der Waals surface area contributed by atoms with Crippen LogP contribution in [0.25, 0.3) is 0 Å². The molecule has 0 saturated heterocycles. The highest BCUT2D eigenvalue weighted by Gasteiger charge is 2.18. The van der Waals surface area contributed by atoms with Gasteiger partial charge in [-0.05, 0) is 65.0 Å². The highest BCUT2D eigenvalue weighted by atomic mass is 127. The molecule has 1 aliphatic rings. The second kappa shape index (κ2) is 3.99. The first kappa shape index (κ1) is 9.50. The summed E-state index contributed by atoms with van der Waals surface area (Å²) in [6, 6.07) is 6.73. The van der Waals surface area contributed by atoms with Gasteiger partial charge in [0.25, 0.3) is 0 Å². The van der Waals surface area contributed by atoms with Crippen molar-refractivity contribution in [2.45, 2.75) is 32.6 Å². The van der Waals surface area contributed by atoms with Gasteiger partial charge in [-0.3, -0.25) is 0 Å². The maximum atomic E-state index is 2.46. The van der Waals surface area contributed by atoms with Crippen molar-refractivity contribution in [1.82, 2.24) is 0 Å². The summed E-state index contributed by atoms with van der Waals surface area (Å²) in [5.74, 6) is 0.936. The lowest BCUT2D eigenvalue weighted by atomic mass is 9.83. The van der Waals surface area contributed by atoms with E-state index in [2.05, 4.69) is 47.7 Å². The molecule has 13 heavy (non-hydrogen) atoms. The molecule has 1 aromatic rings. The van der Waals surface area contributed by atoms with E-state index >= 15 is 0 Å². The highest BCUT2D eigenvalue weighted by Crippen LogP contribution is 2.30. The summed E-state index contributed by atoms with van der Waals surface area (Å²) in [4.78, 5) is 0. The lowest BCUT2D eigenvalue weighted by molar-refractivity contribution is 0.444. The predicted octanol–water partition coefficient (Wildman–Crippen LogP) is 3.81. The Hall–Kier alpha value is -0.0500. The van der Waals surface area contributed by atoms with E-state index < -0.39 is 0 Å². The molecule has 1 unspecified atom stereocenters. The van der Waals surface area contributed by atoms with Gasteiger partial charge >= 0.3 is 0 Å². The van der Waals surface area contributed by atoms with Gasteiger partial charge in [0, 0.05) is 3.57 Å². The van der Waals surface area contributed by atoms with Crippen molar-refractivity contribution in [3.05, 3.63) is 32.9 Å². The van der Waals surface area contributed by atoms with Gasteiger partial charge in [0.2, 0.25) is 0 Å². The molecular formula is C12H15I. The number of rotatable bonds is 1. The average molecular weight is 286 g/mol. The smallest absolute Gasteiger partial charge is 0.0165 e. The summed E-state index contributed by atoms with van der Waals surface area (Å²) < 4.78 is 1.46. The number of hydrogen-bond acceptors (Lipinski definition) is 0. The average Bonchev–Trinajstić information content (AvgIpc) is 2.18. The molecule has 0 nitrogen and oxygen atoms in total. The first-order valence-corrected chi connectivity index (χ1v) is 6.15. The molecule has 0 spiro atoms. The molecule has 1 heteroatoms. The maximum Gasteiger partial charge on any atom is 0.0165 e. The van der Waals surface area contributed by atoms with Crippen LogP contribution in [0.5, 0.6) is 0 Å². The quantitative estimate of drug-likeness (QED) is 0.689. The summed E-state index contributed by atoms with van der Waals surface area (Å²) >= 11 is 2.46. The topological polar surface area (TPSA) is 0 Å². The van der Waals surface area contributed by atoms with Crippen LogP contribution in [0.15, 0.2) is 18.2 Å². The Kier molecular flexibility index (Phi) is 2.92. The SMILES string of the molecule is CCC1CCc2c(I)cccc2C1. The van der Waals surface area contributed by atoms with Crippen LogP contribution in [0.4, 0.5) is 0 Å². The highest BCUT2D eigenvalue weighted by molar-refractivity contribution is 14.1. The van der Waals surface area contributed by atoms with E-state index in [-0.39, 0.29) is 0 Å². The minimum absolute atomic E-state index is 0.936. The molecular weight excluding hydrogens is 271 g/mol. The Morgan fingerprint density at radius 2 is 2.31 bits per heavy atom. The molecule has 0 heterocycles. The standard InChI is InChI=1S/C12H15I/c1-2-9-6-7-11-10(8-9)4-3-5-12(11)13/h3-5,9H,2,6-8H2,1H3. The lowest BCUT2D eigenvalue weighted by Crippen LogP contribution is -2.14. The third-order valence-corrected chi connectivity index (χ3v) is 4.12. The molecule has 1 aromatic carbocycles. The van der Waals surface area contributed by atoms with Crippen molar-refractivity contribution in [1.29, 1.82) is 0 Å². The fourth-order valence-corrected chi connectivity index (χ4v) is 3.01. The van der Waals surface area contributed by atoms with Gasteiger partial charge in [-0.2, -0.15) is 0 Å². The Bertz CT molecular complexity index is 304. The van der Waals surface area contributed by atoms with Gasteiger partial charge in [0.05, 0.1) is 0 Å². The molecule has 0 bridgehead atoms. The normalized spacial score (nSPS) is 21.2. The monoisotopic (exact) mass is 286 g/mol. The van der Waals surface area contributed by atoms with E-state index in [4.69, 9.17) is 0 Å². The molecule has 0 saturated carbocycles. The summed E-state index contributed by atoms with van der Waals surface area (Å²) in [6.07, 6.45) is 5.34. The largest absolute Gasteiger partial charge is 0.0651 e. The Labute approximate surface area is 93.9 Å². The Balaban J connectivity index is 2.31. The lowest BCUT2D eigenvalue weighted by Gasteiger charge is -2.24. The van der Waals surface area contributed by atoms with Crippen LogP contribution in [-0.4, -0.2) is 0 Å². The van der Waals surface area contributed by atoms with Crippen molar-refractivity contribution in [3.63, 3.8) is 0 Å². The molecule has 0 fully saturated rings. The van der Waals surface area contributed by atoms with Gasteiger partial charge in [-0.25, -0.2) is 0 Å². The summed E-state index contributed by atoms with van der Waals surface area (Å²) in [7, 11) is 0. The maximum absolute atomic E-state index is 2.46. The van der Waals surface area contributed by atoms with Gasteiger partial charge < -0.3 is 0 Å². The summed E-state index contributed by atoms with van der Waals surface area (Å²) in [5, 5.41) is 0. The fraction of sp³-hybridized carbons (Fsp3) is 0.500. The van der Waals surface area contributed by atoms with Crippen molar-refractivity contribution < 1.29 is 0 Å². The molecule has 0 aromatic heterocycles. The molecule has 0 N–H and O–H groups in total. The van der Waals surface area contributed by atoms with Gasteiger partial charge in [-0.1, -0.05) is 25.5 Å². The second-order valence-corrected chi connectivity index (χ2v) is 5.06. The molecule has 0 amide bonds. The molecule has 1 atom stereocenters. The first-order chi connectivity index (χ1) is 6.31. The number of halogens is 1. The number of hydrogen-bond donors (Lipinski definition) is 0. The van der Waals surface area contributed by atoms with Crippen molar-refractivity contribution in [2.24, 2.45) is 5.92 Å². The minimum atomic E-state index is 0.936. The van der Waals surface area contributed by atoms with Gasteiger partial charge in [-0.15, -0.1) is 0 Å². The van der Waals surface area contributed by atoms with E-state index in [0.717, 1.165) is 5.92 Å². The molecule has 70 valence electrons. The van der Waals surface area contributed by atoms with E-state index in [9.17, 15) is 0 Å². The van der Waals surface area contributed by atoms with Crippen LogP contribution in [0.2, 0.25) is 0 Å². The number of fused-ring (bicyclic) bond motifs is 1. The summed E-state index contributed by atoms with van der Waals surface area (Å²) in [5.41, 5.74) is 3.22. The van der Waals surface area contributed by atoms with Crippen LogP contribution in [0, 0.1) is 9.49 Å². The summed E-state index contributed by atoms with van der Waals surface area (Å²) in [6.45, 7) is 2.31. The fourth-order valence-electron chi connectivity index (χ4n) is 2.18. The third kappa shape index (κ3) is 1.90. The Morgan fingerprint density at radius 3 is 3.08 bits per heavy atom. The van der Waals surface area contributed by atoms with Crippen LogP contribution in [0.3, 0.4) is 0 Å². The van der Waals surface area contributed by atoms with Crippen molar-refractivity contribution >= 4 is 22.6 Å². The molecule has 0 radical (unpaired) electrons. The van der Waals surface area contributed by atoms with E-state index in [1.54, 1.807) is 11.1 Å². The van der Waals surface area contributed by atoms with Crippen LogP contribution >= 0.6 is 22.6 Å². The molecule has 1 aliphatic carbocycles. The van der Waals surface area contributed by atoms with Crippen molar-refractivity contribution in [3.8, 4) is 0 Å².